The zero-order chi connectivity index (χ0) is 21.5. The quantitative estimate of drug-likeness (QED) is 0.515. The lowest BCUT2D eigenvalue weighted by molar-refractivity contribution is -0.120. The van der Waals surface area contributed by atoms with Gasteiger partial charge in [-0.15, -0.1) is 10.2 Å². The first-order chi connectivity index (χ1) is 14.2. The second-order valence-electron chi connectivity index (χ2n) is 9.01. The molecule has 2 fully saturated rings. The summed E-state index contributed by atoms with van der Waals surface area (Å²) in [6.45, 7) is 6.94. The van der Waals surface area contributed by atoms with E-state index in [4.69, 9.17) is 10.6 Å². The van der Waals surface area contributed by atoms with Gasteiger partial charge in [0, 0.05) is 6.04 Å². The molecule has 3 N–H and O–H groups in total. The van der Waals surface area contributed by atoms with Crippen molar-refractivity contribution in [3.63, 3.8) is 0 Å². The van der Waals surface area contributed by atoms with Gasteiger partial charge in [-0.1, -0.05) is 44.7 Å². The Labute approximate surface area is 179 Å². The van der Waals surface area contributed by atoms with Gasteiger partial charge < -0.3 is 15.9 Å². The molecule has 0 aliphatic heterocycles. The zero-order valence-electron chi connectivity index (χ0n) is 17.5. The number of benzene rings is 1. The van der Waals surface area contributed by atoms with Crippen LogP contribution in [0.3, 0.4) is 0 Å². The van der Waals surface area contributed by atoms with Crippen LogP contribution in [0.1, 0.15) is 45.9 Å². The number of nitrogens with one attached hydrogen (secondary N) is 1. The van der Waals surface area contributed by atoms with E-state index in [1.807, 2.05) is 0 Å². The van der Waals surface area contributed by atoms with Crippen LogP contribution in [-0.4, -0.2) is 32.6 Å². The van der Waals surface area contributed by atoms with Crippen LogP contribution in [0.15, 0.2) is 29.4 Å². The molecule has 2 saturated carbocycles. The maximum absolute atomic E-state index is 13.7. The summed E-state index contributed by atoms with van der Waals surface area (Å²) in [5.74, 6) is 6.90. The van der Waals surface area contributed by atoms with E-state index in [1.54, 1.807) is 12.1 Å². The molecule has 2 aliphatic rings. The number of carbonyl (C=O) groups is 1. The Hall–Kier alpha value is -2.29. The summed E-state index contributed by atoms with van der Waals surface area (Å²) in [5.41, 5.74) is 0.395. The number of amides is 1. The van der Waals surface area contributed by atoms with Gasteiger partial charge in [-0.25, -0.2) is 9.07 Å². The largest absolute Gasteiger partial charge is 0.482 e. The number of halogens is 1. The van der Waals surface area contributed by atoms with Crippen LogP contribution in [0.4, 0.5) is 4.39 Å². The summed E-state index contributed by atoms with van der Waals surface area (Å²) >= 11 is 1.23. The molecule has 2 aromatic rings. The van der Waals surface area contributed by atoms with Crippen LogP contribution in [0, 0.1) is 22.6 Å². The fourth-order valence-corrected chi connectivity index (χ4v) is 5.68. The molecule has 4 rings (SSSR count). The molecule has 1 aromatic carbocycles. The van der Waals surface area contributed by atoms with E-state index >= 15 is 0 Å². The third-order valence-electron chi connectivity index (χ3n) is 7.39. The van der Waals surface area contributed by atoms with Crippen LogP contribution in [0.2, 0.25) is 0 Å². The predicted molar refractivity (Wildman–Crippen MR) is 113 cm³/mol. The maximum atomic E-state index is 13.7. The Morgan fingerprint density at radius 3 is 2.80 bits per heavy atom. The summed E-state index contributed by atoms with van der Waals surface area (Å²) in [5, 5.41) is 11.7. The Kier molecular flexibility index (Phi) is 5.42. The highest BCUT2D eigenvalue weighted by molar-refractivity contribution is 7.99. The lowest BCUT2D eigenvalue weighted by Gasteiger charge is -2.39. The first-order valence-corrected chi connectivity index (χ1v) is 11.2. The monoisotopic (exact) mass is 433 g/mol. The molecule has 2 bridgehead atoms. The standard InChI is InChI=1S/C21H28FN5O2S/c1-20(2)13-8-9-21(20,3)16(10-13)24-18(28)12-30-19-26-25-17(27(19)23)11-29-15-7-5-4-6-14(15)22/h4-7,13,16H,8-12,23H2,1-3H3,(H,24,28). The van der Waals surface area contributed by atoms with Gasteiger partial charge in [0.05, 0.1) is 5.75 Å². The number of carbonyl (C=O) groups excluding carboxylic acids is 1. The van der Waals surface area contributed by atoms with Crippen LogP contribution in [-0.2, 0) is 11.4 Å². The van der Waals surface area contributed by atoms with Crippen molar-refractivity contribution in [1.29, 1.82) is 0 Å². The molecule has 162 valence electrons. The van der Waals surface area contributed by atoms with E-state index < -0.39 is 5.82 Å². The molecule has 0 saturated heterocycles. The van der Waals surface area contributed by atoms with E-state index in [0.717, 1.165) is 12.8 Å². The SMILES string of the molecule is CC1(C)C2CCC1(C)C(NC(=O)CSc1nnc(COc3ccccc3F)n1N)C2. The van der Waals surface area contributed by atoms with Gasteiger partial charge in [-0.2, -0.15) is 0 Å². The lowest BCUT2D eigenvalue weighted by atomic mass is 9.69. The Bertz CT molecular complexity index is 949. The smallest absolute Gasteiger partial charge is 0.230 e. The van der Waals surface area contributed by atoms with Crippen molar-refractivity contribution in [2.24, 2.45) is 16.7 Å². The van der Waals surface area contributed by atoms with E-state index in [9.17, 15) is 9.18 Å². The first kappa shape index (κ1) is 21.0. The summed E-state index contributed by atoms with van der Waals surface area (Å²) in [7, 11) is 0. The number of ether oxygens (including phenoxy) is 1. The van der Waals surface area contributed by atoms with E-state index in [0.29, 0.717) is 16.9 Å². The van der Waals surface area contributed by atoms with Crippen LogP contribution < -0.4 is 15.9 Å². The highest BCUT2D eigenvalue weighted by Crippen LogP contribution is 2.65. The number of rotatable bonds is 7. The third kappa shape index (κ3) is 3.53. The molecular formula is C21H28FN5O2S. The van der Waals surface area contributed by atoms with Gasteiger partial charge in [-0.05, 0) is 48.1 Å². The van der Waals surface area contributed by atoms with Crippen molar-refractivity contribution >= 4 is 17.7 Å². The Morgan fingerprint density at radius 1 is 1.37 bits per heavy atom. The molecule has 3 atom stereocenters. The lowest BCUT2D eigenvalue weighted by Crippen LogP contribution is -2.47. The minimum absolute atomic E-state index is 0.0198. The van der Waals surface area contributed by atoms with Crippen LogP contribution >= 0.6 is 11.8 Å². The first-order valence-electron chi connectivity index (χ1n) is 10.2. The molecule has 1 heterocycles. The average molecular weight is 434 g/mol. The van der Waals surface area contributed by atoms with Crippen molar-refractivity contribution in [3.8, 4) is 5.75 Å². The van der Waals surface area contributed by atoms with Gasteiger partial charge in [-0.3, -0.25) is 4.79 Å². The number of aromatic nitrogens is 3. The van der Waals surface area contributed by atoms with E-state index in [1.165, 1.54) is 35.0 Å². The fourth-order valence-electron chi connectivity index (χ4n) is 5.00. The van der Waals surface area contributed by atoms with Crippen molar-refractivity contribution in [1.82, 2.24) is 20.2 Å². The number of para-hydroxylation sites is 1. The number of nitrogens with zero attached hydrogens (tertiary/aromatic N) is 3. The van der Waals surface area contributed by atoms with Crippen molar-refractivity contribution in [2.45, 2.75) is 57.8 Å². The van der Waals surface area contributed by atoms with Crippen molar-refractivity contribution in [2.75, 3.05) is 11.6 Å². The van der Waals surface area contributed by atoms with Gasteiger partial charge in [0.1, 0.15) is 6.61 Å². The molecule has 7 nitrogen and oxygen atoms in total. The second-order valence-corrected chi connectivity index (χ2v) is 9.95. The Morgan fingerprint density at radius 2 is 2.13 bits per heavy atom. The second kappa shape index (κ2) is 7.76. The molecule has 0 spiro atoms. The third-order valence-corrected chi connectivity index (χ3v) is 8.33. The molecule has 1 amide bonds. The number of hydrogen-bond acceptors (Lipinski definition) is 6. The zero-order valence-corrected chi connectivity index (χ0v) is 18.3. The number of nitrogens with two attached hydrogens (primary N) is 1. The number of thioether (sulfide) groups is 1. The number of hydrogen-bond donors (Lipinski definition) is 2. The van der Waals surface area contributed by atoms with E-state index in [-0.39, 0.29) is 40.9 Å². The average Bonchev–Trinajstić information content (AvgIpc) is 3.23. The van der Waals surface area contributed by atoms with Gasteiger partial charge in [0.15, 0.2) is 17.4 Å². The molecular weight excluding hydrogens is 405 g/mol. The summed E-state index contributed by atoms with van der Waals surface area (Å²) in [4.78, 5) is 12.6. The fraction of sp³-hybridized carbons (Fsp3) is 0.571. The molecule has 30 heavy (non-hydrogen) atoms. The molecule has 9 heteroatoms. The summed E-state index contributed by atoms with van der Waals surface area (Å²) in [6.07, 6.45) is 3.45. The molecule has 3 unspecified atom stereocenters. The van der Waals surface area contributed by atoms with Gasteiger partial charge in [0.2, 0.25) is 11.1 Å². The van der Waals surface area contributed by atoms with Crippen LogP contribution in [0.5, 0.6) is 5.75 Å². The molecule has 2 aliphatic carbocycles. The maximum Gasteiger partial charge on any atom is 0.230 e. The van der Waals surface area contributed by atoms with Crippen molar-refractivity contribution < 1.29 is 13.9 Å². The molecule has 1 aromatic heterocycles. The number of fused-ring (bicyclic) bond motifs is 2. The van der Waals surface area contributed by atoms with Gasteiger partial charge in [0.25, 0.3) is 0 Å². The highest BCUT2D eigenvalue weighted by atomic mass is 32.2. The predicted octanol–water partition coefficient (Wildman–Crippen LogP) is 3.13. The van der Waals surface area contributed by atoms with Crippen molar-refractivity contribution in [3.05, 3.63) is 35.9 Å². The highest BCUT2D eigenvalue weighted by Gasteiger charge is 2.61. The minimum Gasteiger partial charge on any atom is -0.482 e. The molecule has 0 radical (unpaired) electrons. The van der Waals surface area contributed by atoms with E-state index in [2.05, 4.69) is 36.3 Å². The Balaban J connectivity index is 1.30. The normalized spacial score (nSPS) is 26.7. The summed E-state index contributed by atoms with van der Waals surface area (Å²) in [6, 6.07) is 6.33. The summed E-state index contributed by atoms with van der Waals surface area (Å²) < 4.78 is 20.4. The number of nitrogen functional groups attached to an aromatic ring is 1. The topological polar surface area (TPSA) is 95.1 Å². The minimum atomic E-state index is -0.454. The van der Waals surface area contributed by atoms with Gasteiger partial charge >= 0.3 is 0 Å². The van der Waals surface area contributed by atoms with Crippen LogP contribution in [0.25, 0.3) is 0 Å².